The molecule has 1 aliphatic rings. The van der Waals surface area contributed by atoms with Crippen LogP contribution < -0.4 is 5.32 Å². The summed E-state index contributed by atoms with van der Waals surface area (Å²) in [6.45, 7) is 13.2. The number of nitrogens with one attached hydrogen (secondary N) is 1. The highest BCUT2D eigenvalue weighted by Gasteiger charge is 2.37. The molecule has 2 nitrogen and oxygen atoms in total. The Morgan fingerprint density at radius 3 is 2.76 bits per heavy atom. The molecule has 0 saturated heterocycles. The minimum absolute atomic E-state index is 0.236. The van der Waals surface area contributed by atoms with E-state index < -0.39 is 8.32 Å². The van der Waals surface area contributed by atoms with Crippen molar-refractivity contribution in [3.8, 4) is 0 Å². The smallest absolute Gasteiger partial charge is 0.192 e. The monoisotopic (exact) mass is 393 g/mol. The van der Waals surface area contributed by atoms with E-state index in [0.717, 1.165) is 24.6 Å². The lowest BCUT2D eigenvalue weighted by molar-refractivity contribution is 0.279. The van der Waals surface area contributed by atoms with Gasteiger partial charge in [0.15, 0.2) is 8.32 Å². The number of fused-ring (bicyclic) bond motifs is 1. The Labute approximate surface area is 161 Å². The fraction of sp³-hybridized carbons (Fsp3) is 0.500. The van der Waals surface area contributed by atoms with Crippen LogP contribution in [0, 0.1) is 0 Å². The normalized spacial score (nSPS) is 18.2. The second-order valence-corrected chi connectivity index (χ2v) is 14.6. The number of rotatable bonds is 4. The van der Waals surface area contributed by atoms with Gasteiger partial charge in [0.05, 0.1) is 12.6 Å². The molecule has 0 bridgehead atoms. The molecule has 1 aromatic carbocycles. The van der Waals surface area contributed by atoms with Crippen molar-refractivity contribution in [3.63, 3.8) is 0 Å². The highest BCUT2D eigenvalue weighted by atomic mass is 35.5. The van der Waals surface area contributed by atoms with E-state index in [2.05, 4.69) is 62.8 Å². The number of halogens is 1. The molecule has 0 aliphatic carbocycles. The van der Waals surface area contributed by atoms with Gasteiger partial charge in [-0.1, -0.05) is 38.4 Å². The third kappa shape index (κ3) is 4.20. The molecule has 2 heterocycles. The topological polar surface area (TPSA) is 21.3 Å². The van der Waals surface area contributed by atoms with E-state index in [9.17, 15) is 0 Å². The molecule has 1 unspecified atom stereocenters. The van der Waals surface area contributed by atoms with Crippen molar-refractivity contribution in [1.29, 1.82) is 0 Å². The van der Waals surface area contributed by atoms with E-state index in [1.807, 2.05) is 6.07 Å². The number of hydrogen-bond acceptors (Lipinski definition) is 3. The standard InChI is InChI=1S/C20H28ClNOSSi/c1-20(2,3)25(4,5)23-12-17-10-15(13-24-17)19-18-11-16(21)7-6-14(18)8-9-22-19/h6-7,10-11,13,19,22H,8-9,12H2,1-5H3. The van der Waals surface area contributed by atoms with Crippen molar-refractivity contribution in [3.05, 3.63) is 56.2 Å². The maximum absolute atomic E-state index is 6.38. The zero-order valence-corrected chi connectivity index (χ0v) is 18.4. The van der Waals surface area contributed by atoms with Crippen molar-refractivity contribution in [2.75, 3.05) is 6.54 Å². The lowest BCUT2D eigenvalue weighted by Gasteiger charge is -2.36. The van der Waals surface area contributed by atoms with E-state index >= 15 is 0 Å². The third-order valence-electron chi connectivity index (χ3n) is 5.55. The van der Waals surface area contributed by atoms with Gasteiger partial charge in [0.2, 0.25) is 0 Å². The summed E-state index contributed by atoms with van der Waals surface area (Å²) in [6, 6.07) is 8.80. The molecular formula is C20H28ClNOSSi. The van der Waals surface area contributed by atoms with Gasteiger partial charge in [0, 0.05) is 16.4 Å². The Bertz CT molecular complexity index is 750. The molecule has 1 N–H and O–H groups in total. The predicted molar refractivity (Wildman–Crippen MR) is 111 cm³/mol. The second kappa shape index (κ2) is 7.16. The molecule has 0 radical (unpaired) electrons. The predicted octanol–water partition coefficient (Wildman–Crippen LogP) is 6.16. The van der Waals surface area contributed by atoms with Crippen LogP contribution in [0.25, 0.3) is 0 Å². The molecule has 1 aromatic heterocycles. The zero-order chi connectivity index (χ0) is 18.2. The summed E-state index contributed by atoms with van der Waals surface area (Å²) in [7, 11) is -1.71. The van der Waals surface area contributed by atoms with Gasteiger partial charge in [-0.05, 0) is 64.8 Å². The van der Waals surface area contributed by atoms with Crippen LogP contribution >= 0.6 is 22.9 Å². The van der Waals surface area contributed by atoms with E-state index in [4.69, 9.17) is 16.0 Å². The highest BCUT2D eigenvalue weighted by Crippen LogP contribution is 2.38. The summed E-state index contributed by atoms with van der Waals surface area (Å²) in [5, 5.41) is 6.96. The van der Waals surface area contributed by atoms with Crippen molar-refractivity contribution >= 4 is 31.3 Å². The lowest BCUT2D eigenvalue weighted by Crippen LogP contribution is -2.40. The van der Waals surface area contributed by atoms with Gasteiger partial charge in [0.1, 0.15) is 0 Å². The maximum atomic E-state index is 6.38. The highest BCUT2D eigenvalue weighted by molar-refractivity contribution is 7.10. The fourth-order valence-electron chi connectivity index (χ4n) is 2.91. The average Bonchev–Trinajstić information content (AvgIpc) is 3.00. The molecule has 3 rings (SSSR count). The molecular weight excluding hydrogens is 366 g/mol. The van der Waals surface area contributed by atoms with Crippen LogP contribution in [0.1, 0.15) is 48.4 Å². The second-order valence-electron chi connectivity index (χ2n) is 8.38. The van der Waals surface area contributed by atoms with Crippen LogP contribution in [0.15, 0.2) is 29.6 Å². The van der Waals surface area contributed by atoms with Crippen molar-refractivity contribution < 1.29 is 4.43 Å². The Morgan fingerprint density at radius 2 is 2.04 bits per heavy atom. The quantitative estimate of drug-likeness (QED) is 0.628. The Hall–Kier alpha value is -0.653. The van der Waals surface area contributed by atoms with Crippen molar-refractivity contribution in [2.24, 2.45) is 0 Å². The van der Waals surface area contributed by atoms with Crippen LogP contribution in [-0.4, -0.2) is 14.9 Å². The van der Waals surface area contributed by atoms with E-state index in [1.54, 1.807) is 11.3 Å². The Morgan fingerprint density at radius 1 is 1.28 bits per heavy atom. The van der Waals surface area contributed by atoms with E-state index in [1.165, 1.54) is 21.6 Å². The molecule has 2 aromatic rings. The van der Waals surface area contributed by atoms with Crippen LogP contribution in [0.3, 0.4) is 0 Å². The lowest BCUT2D eigenvalue weighted by atomic mass is 9.91. The number of benzene rings is 1. The summed E-state index contributed by atoms with van der Waals surface area (Å²) >= 11 is 8.03. The molecule has 0 saturated carbocycles. The summed E-state index contributed by atoms with van der Waals surface area (Å²) in [5.74, 6) is 0. The van der Waals surface area contributed by atoms with Crippen LogP contribution in [0.5, 0.6) is 0 Å². The van der Waals surface area contributed by atoms with Gasteiger partial charge < -0.3 is 9.74 Å². The van der Waals surface area contributed by atoms with Gasteiger partial charge in [-0.2, -0.15) is 0 Å². The molecule has 0 fully saturated rings. The molecule has 1 atom stereocenters. The van der Waals surface area contributed by atoms with Gasteiger partial charge in [-0.15, -0.1) is 11.3 Å². The van der Waals surface area contributed by atoms with Gasteiger partial charge in [-0.3, -0.25) is 0 Å². The van der Waals surface area contributed by atoms with Crippen molar-refractivity contribution in [2.45, 2.75) is 58.0 Å². The molecule has 0 spiro atoms. The van der Waals surface area contributed by atoms with Crippen LogP contribution in [0.4, 0.5) is 0 Å². The SMILES string of the molecule is CC(C)(C)[Si](C)(C)OCc1cc(C2NCCc3ccc(Cl)cc32)cs1. The summed E-state index contributed by atoms with van der Waals surface area (Å²) in [4.78, 5) is 1.30. The summed E-state index contributed by atoms with van der Waals surface area (Å²) in [6.07, 6.45) is 1.06. The third-order valence-corrected chi connectivity index (χ3v) is 11.2. The minimum atomic E-state index is -1.71. The van der Waals surface area contributed by atoms with Gasteiger partial charge >= 0.3 is 0 Å². The molecule has 0 amide bonds. The Kier molecular flexibility index (Phi) is 5.48. The maximum Gasteiger partial charge on any atom is 0.192 e. The van der Waals surface area contributed by atoms with Crippen molar-refractivity contribution in [1.82, 2.24) is 5.32 Å². The van der Waals surface area contributed by atoms with E-state index in [-0.39, 0.29) is 11.1 Å². The average molecular weight is 394 g/mol. The summed E-state index contributed by atoms with van der Waals surface area (Å²) < 4.78 is 6.38. The molecule has 25 heavy (non-hydrogen) atoms. The molecule has 5 heteroatoms. The van der Waals surface area contributed by atoms with Crippen LogP contribution in [-0.2, 0) is 17.5 Å². The fourth-order valence-corrected chi connectivity index (χ4v) is 4.97. The van der Waals surface area contributed by atoms with E-state index in [0.29, 0.717) is 0 Å². The number of thiophene rings is 1. The minimum Gasteiger partial charge on any atom is -0.412 e. The number of hydrogen-bond donors (Lipinski definition) is 1. The largest absolute Gasteiger partial charge is 0.412 e. The first-order valence-electron chi connectivity index (χ1n) is 8.90. The molecule has 1 aliphatic heterocycles. The first kappa shape index (κ1) is 19.1. The first-order chi connectivity index (χ1) is 11.7. The first-order valence-corrected chi connectivity index (χ1v) is 13.1. The Balaban J connectivity index is 1.76. The zero-order valence-electron chi connectivity index (χ0n) is 15.8. The summed E-state index contributed by atoms with van der Waals surface area (Å²) in [5.41, 5.74) is 4.04. The van der Waals surface area contributed by atoms with Gasteiger partial charge in [-0.25, -0.2) is 0 Å². The van der Waals surface area contributed by atoms with Crippen LogP contribution in [0.2, 0.25) is 23.2 Å². The van der Waals surface area contributed by atoms with Gasteiger partial charge in [0.25, 0.3) is 0 Å². The molecule has 136 valence electrons.